The molecule has 0 aromatic rings. The zero-order valence-electron chi connectivity index (χ0n) is 16.4. The van der Waals surface area contributed by atoms with Gasteiger partial charge in [-0.3, -0.25) is 0 Å². The summed E-state index contributed by atoms with van der Waals surface area (Å²) < 4.78 is 0. The molecule has 10 atom stereocenters. The van der Waals surface area contributed by atoms with E-state index in [9.17, 15) is 0 Å². The van der Waals surface area contributed by atoms with Crippen molar-refractivity contribution in [3.8, 4) is 0 Å². The van der Waals surface area contributed by atoms with Gasteiger partial charge in [0.15, 0.2) is 0 Å². The Labute approximate surface area is 149 Å². The highest BCUT2D eigenvalue weighted by Crippen LogP contribution is 2.64. The van der Waals surface area contributed by atoms with Crippen molar-refractivity contribution in [2.24, 2.45) is 47.3 Å². The Morgan fingerprint density at radius 3 is 2.25 bits per heavy atom. The van der Waals surface area contributed by atoms with Crippen LogP contribution in [0, 0.1) is 61.4 Å². The molecule has 0 aromatic carbocycles. The van der Waals surface area contributed by atoms with Gasteiger partial charge in [0.1, 0.15) is 0 Å². The molecule has 4 N–H and O–H groups in total. The Morgan fingerprint density at radius 2 is 1.58 bits per heavy atom. The summed E-state index contributed by atoms with van der Waals surface area (Å²) in [5.74, 6) is 7.39. The van der Waals surface area contributed by atoms with E-state index >= 15 is 0 Å². The molecular formula is C22H40N2. The van der Waals surface area contributed by atoms with Gasteiger partial charge in [-0.05, 0) is 75.5 Å². The number of hydrogen-bond donors (Lipinski definition) is 2. The molecule has 24 heavy (non-hydrogen) atoms. The van der Waals surface area contributed by atoms with E-state index in [-0.39, 0.29) is 0 Å². The van der Waals surface area contributed by atoms with Gasteiger partial charge in [-0.25, -0.2) is 0 Å². The third kappa shape index (κ3) is 2.14. The van der Waals surface area contributed by atoms with Gasteiger partial charge < -0.3 is 10.6 Å². The highest BCUT2D eigenvalue weighted by atomic mass is 15.0. The van der Waals surface area contributed by atoms with Gasteiger partial charge in [0.05, 0.1) is 11.1 Å². The van der Waals surface area contributed by atoms with Crippen LogP contribution in [0.3, 0.4) is 0 Å². The van der Waals surface area contributed by atoms with Crippen molar-refractivity contribution in [3.05, 3.63) is 14.1 Å². The van der Waals surface area contributed by atoms with Crippen LogP contribution >= 0.6 is 0 Å². The molecule has 0 bridgehead atoms. The van der Waals surface area contributed by atoms with Gasteiger partial charge in [0.2, 0.25) is 0 Å². The first-order valence-electron chi connectivity index (χ1n) is 10.6. The van der Waals surface area contributed by atoms with Gasteiger partial charge in [-0.15, -0.1) is 0 Å². The fraction of sp³-hybridized carbons (Fsp3) is 0.909. The minimum atomic E-state index is 0.360. The lowest BCUT2D eigenvalue weighted by molar-refractivity contribution is -0.702. The van der Waals surface area contributed by atoms with Crippen molar-refractivity contribution in [3.63, 3.8) is 0 Å². The second kappa shape index (κ2) is 5.71. The van der Waals surface area contributed by atoms with Crippen LogP contribution in [0.1, 0.15) is 66.2 Å². The summed E-state index contributed by atoms with van der Waals surface area (Å²) in [5.41, 5.74) is 0.751. The molecule has 0 aliphatic heterocycles. The molecule has 4 aliphatic rings. The molecule has 4 aliphatic carbocycles. The summed E-state index contributed by atoms with van der Waals surface area (Å²) in [6, 6.07) is 0. The Morgan fingerprint density at radius 1 is 0.875 bits per heavy atom. The topological polar surface area (TPSA) is 33.2 Å². The Hall–Kier alpha value is -0.0800. The van der Waals surface area contributed by atoms with Crippen LogP contribution < -0.4 is 10.6 Å². The van der Waals surface area contributed by atoms with E-state index in [2.05, 4.69) is 52.4 Å². The summed E-state index contributed by atoms with van der Waals surface area (Å²) in [7, 11) is 8.58. The van der Waals surface area contributed by atoms with Crippen molar-refractivity contribution in [1.82, 2.24) is 0 Å². The second-order valence-electron chi connectivity index (χ2n) is 10.5. The summed E-state index contributed by atoms with van der Waals surface area (Å²) in [6.07, 6.45) is 8.62. The van der Waals surface area contributed by atoms with Crippen molar-refractivity contribution < 1.29 is 10.6 Å². The fourth-order valence-electron chi connectivity index (χ4n) is 8.26. The predicted octanol–water partition coefficient (Wildman–Crippen LogP) is 2.58. The molecule has 0 unspecified atom stereocenters. The lowest BCUT2D eigenvalue weighted by Crippen LogP contribution is -2.97. The largest absolute Gasteiger partial charge is 0.474 e. The van der Waals surface area contributed by atoms with Crippen LogP contribution in [-0.2, 0) is 0 Å². The molecular weight excluding hydrogens is 292 g/mol. The monoisotopic (exact) mass is 332 g/mol. The normalized spacial score (nSPS) is 59.8. The highest BCUT2D eigenvalue weighted by molar-refractivity contribution is 5.11. The van der Waals surface area contributed by atoms with Gasteiger partial charge >= 0.3 is 0 Å². The minimum Gasteiger partial charge on any atom is -0.474 e. The standard InChI is InChI=1S/C22H40N2/c1-13-11-15-12-14(2)22(4,24-6)18-8-7-17-20(19(15)18)16(13)9-10-21(17,3)23-5/h13-20H,5-12,23-24H2,1-4H3/t13-,14+,15-,16+,17-,18-,19+,20+,21-,22+/m0/s1. The molecule has 2 heteroatoms. The SMILES string of the molecule is [CH2-][NH2+][C@]1(C)[C@H](C)C[C@@H]2C[C@H](C)[C@H]3CC[C@](C)([NH2+][CH2-])[C@H]4CC[C@H]1[C@@H]2[C@H]34. The lowest BCUT2D eigenvalue weighted by atomic mass is 9.40. The summed E-state index contributed by atoms with van der Waals surface area (Å²) >= 11 is 0. The van der Waals surface area contributed by atoms with Crippen LogP contribution in [-0.4, -0.2) is 11.1 Å². The van der Waals surface area contributed by atoms with Crippen LogP contribution in [0.25, 0.3) is 0 Å². The Balaban J connectivity index is 1.75. The number of rotatable bonds is 2. The number of hydrogen-bond acceptors (Lipinski definition) is 0. The quantitative estimate of drug-likeness (QED) is 0.729. The lowest BCUT2D eigenvalue weighted by Gasteiger charge is -2.66. The molecule has 138 valence electrons. The third-order valence-corrected chi connectivity index (χ3v) is 9.89. The highest BCUT2D eigenvalue weighted by Gasteiger charge is 2.63. The maximum absolute atomic E-state index is 4.31. The van der Waals surface area contributed by atoms with E-state index in [1.165, 1.54) is 38.5 Å². The van der Waals surface area contributed by atoms with Crippen molar-refractivity contribution in [2.75, 3.05) is 0 Å². The molecule has 4 rings (SSSR count). The van der Waals surface area contributed by atoms with Crippen molar-refractivity contribution in [2.45, 2.75) is 77.3 Å². The average Bonchev–Trinajstić information content (AvgIpc) is 2.58. The van der Waals surface area contributed by atoms with E-state index in [0.717, 1.165) is 47.3 Å². The summed E-state index contributed by atoms with van der Waals surface area (Å²) in [5, 5.41) is 4.68. The minimum absolute atomic E-state index is 0.360. The first-order chi connectivity index (χ1) is 11.4. The van der Waals surface area contributed by atoms with E-state index in [1.807, 2.05) is 0 Å². The van der Waals surface area contributed by atoms with E-state index in [1.54, 1.807) is 0 Å². The smallest absolute Gasteiger partial charge is 0.0752 e. The molecule has 0 spiro atoms. The van der Waals surface area contributed by atoms with Crippen LogP contribution in [0.2, 0.25) is 0 Å². The Bertz CT molecular complexity index is 490. The maximum atomic E-state index is 4.31. The average molecular weight is 333 g/mol. The molecule has 0 amide bonds. The van der Waals surface area contributed by atoms with Gasteiger partial charge in [-0.1, -0.05) is 13.8 Å². The van der Waals surface area contributed by atoms with E-state index in [4.69, 9.17) is 0 Å². The van der Waals surface area contributed by atoms with Crippen molar-refractivity contribution >= 4 is 0 Å². The zero-order chi connectivity index (χ0) is 17.3. The molecule has 4 fully saturated rings. The molecule has 0 heterocycles. The molecule has 0 aromatic heterocycles. The first kappa shape index (κ1) is 17.3. The molecule has 0 saturated heterocycles. The Kier molecular flexibility index (Phi) is 4.12. The molecule has 0 radical (unpaired) electrons. The van der Waals surface area contributed by atoms with Gasteiger partial charge in [-0.2, -0.15) is 14.1 Å². The molecule has 4 saturated carbocycles. The van der Waals surface area contributed by atoms with Crippen LogP contribution in [0.5, 0.6) is 0 Å². The van der Waals surface area contributed by atoms with E-state index < -0.39 is 0 Å². The number of nitrogens with two attached hydrogens (primary N) is 2. The first-order valence-corrected chi connectivity index (χ1v) is 10.6. The summed E-state index contributed by atoms with van der Waals surface area (Å²) in [6.45, 7) is 10.1. The number of quaternary nitrogens is 2. The predicted molar refractivity (Wildman–Crippen MR) is 98.3 cm³/mol. The van der Waals surface area contributed by atoms with Gasteiger partial charge in [0.25, 0.3) is 0 Å². The van der Waals surface area contributed by atoms with Crippen LogP contribution in [0.15, 0.2) is 0 Å². The fourth-order valence-corrected chi connectivity index (χ4v) is 8.26. The van der Waals surface area contributed by atoms with E-state index in [0.29, 0.717) is 11.1 Å². The zero-order valence-corrected chi connectivity index (χ0v) is 16.4. The summed E-state index contributed by atoms with van der Waals surface area (Å²) in [4.78, 5) is 0. The maximum Gasteiger partial charge on any atom is 0.0752 e. The third-order valence-electron chi connectivity index (χ3n) is 9.89. The van der Waals surface area contributed by atoms with Crippen molar-refractivity contribution in [1.29, 1.82) is 0 Å². The van der Waals surface area contributed by atoms with Crippen LogP contribution in [0.4, 0.5) is 0 Å². The second-order valence-corrected chi connectivity index (χ2v) is 10.5. The van der Waals surface area contributed by atoms with Gasteiger partial charge in [0, 0.05) is 24.2 Å². The molecule has 2 nitrogen and oxygen atoms in total.